The Balaban J connectivity index is 1.66. The number of amides is 1. The third kappa shape index (κ3) is 3.99. The largest absolute Gasteiger partial charge is 0.508 e. The number of aromatic amines is 1. The first-order valence-electron chi connectivity index (χ1n) is 9.54. The van der Waals surface area contributed by atoms with E-state index in [0.717, 1.165) is 0 Å². The SMILES string of the molecule is CC(C)S(=O)(=O)c1ccc(-c2cnc3[nH]cc(C(=O)Nc4cccc(O)c4)c3n2)cc1. The summed E-state index contributed by atoms with van der Waals surface area (Å²) in [4.78, 5) is 24.8. The highest BCUT2D eigenvalue weighted by Crippen LogP contribution is 2.25. The number of phenols is 1. The predicted molar refractivity (Wildman–Crippen MR) is 118 cm³/mol. The zero-order chi connectivity index (χ0) is 22.2. The van der Waals surface area contributed by atoms with Gasteiger partial charge in [0.05, 0.1) is 27.6 Å². The van der Waals surface area contributed by atoms with Gasteiger partial charge >= 0.3 is 0 Å². The van der Waals surface area contributed by atoms with E-state index in [9.17, 15) is 18.3 Å². The van der Waals surface area contributed by atoms with Crippen molar-refractivity contribution in [2.24, 2.45) is 0 Å². The molecule has 0 aliphatic rings. The van der Waals surface area contributed by atoms with E-state index < -0.39 is 21.0 Å². The minimum atomic E-state index is -3.36. The number of aromatic nitrogens is 3. The highest BCUT2D eigenvalue weighted by atomic mass is 32.2. The molecule has 0 saturated carbocycles. The van der Waals surface area contributed by atoms with E-state index in [0.29, 0.717) is 33.7 Å². The molecule has 158 valence electrons. The molecule has 0 unspecified atom stereocenters. The molecule has 0 fully saturated rings. The van der Waals surface area contributed by atoms with Crippen LogP contribution in [0.15, 0.2) is 65.8 Å². The van der Waals surface area contributed by atoms with Gasteiger partial charge in [0.25, 0.3) is 5.91 Å². The van der Waals surface area contributed by atoms with Crippen LogP contribution in [-0.2, 0) is 9.84 Å². The van der Waals surface area contributed by atoms with Crippen LogP contribution in [0.25, 0.3) is 22.4 Å². The fourth-order valence-electron chi connectivity index (χ4n) is 3.07. The normalized spacial score (nSPS) is 11.7. The standard InChI is InChI=1S/C22H20N4O4S/c1-13(2)31(29,30)17-8-6-14(7-9-17)19-12-24-21-20(26-19)18(11-23-21)22(28)25-15-4-3-5-16(27)10-15/h3-13,27H,1-2H3,(H,23,24)(H,25,28). The Hall–Kier alpha value is -3.72. The Kier molecular flexibility index (Phi) is 5.20. The molecule has 8 nitrogen and oxygen atoms in total. The van der Waals surface area contributed by atoms with Gasteiger partial charge in [0.1, 0.15) is 11.3 Å². The molecule has 2 aromatic heterocycles. The first kappa shape index (κ1) is 20.5. The topological polar surface area (TPSA) is 125 Å². The zero-order valence-corrected chi connectivity index (χ0v) is 17.6. The Bertz CT molecular complexity index is 1380. The lowest BCUT2D eigenvalue weighted by molar-refractivity contribution is 0.102. The van der Waals surface area contributed by atoms with Gasteiger partial charge < -0.3 is 15.4 Å². The van der Waals surface area contributed by atoms with Gasteiger partial charge in [-0.1, -0.05) is 18.2 Å². The lowest BCUT2D eigenvalue weighted by Gasteiger charge is -2.08. The molecule has 4 aromatic rings. The maximum atomic E-state index is 12.7. The molecule has 31 heavy (non-hydrogen) atoms. The average molecular weight is 436 g/mol. The Morgan fingerprint density at radius 1 is 1.13 bits per heavy atom. The Labute approximate surface area is 178 Å². The van der Waals surface area contributed by atoms with Gasteiger partial charge in [-0.15, -0.1) is 0 Å². The summed E-state index contributed by atoms with van der Waals surface area (Å²) >= 11 is 0. The number of benzene rings is 2. The van der Waals surface area contributed by atoms with Crippen LogP contribution in [0.5, 0.6) is 5.75 Å². The number of carbonyl (C=O) groups is 1. The van der Waals surface area contributed by atoms with E-state index in [4.69, 9.17) is 0 Å². The third-order valence-electron chi connectivity index (χ3n) is 4.83. The van der Waals surface area contributed by atoms with Crippen molar-refractivity contribution in [3.05, 3.63) is 66.5 Å². The molecule has 2 aromatic carbocycles. The Morgan fingerprint density at radius 3 is 2.55 bits per heavy atom. The fourth-order valence-corrected chi connectivity index (χ4v) is 4.13. The molecule has 0 aliphatic carbocycles. The number of H-pyrrole nitrogens is 1. The molecule has 0 spiro atoms. The van der Waals surface area contributed by atoms with Crippen molar-refractivity contribution in [1.82, 2.24) is 15.0 Å². The number of aromatic hydroxyl groups is 1. The number of nitrogens with one attached hydrogen (secondary N) is 2. The monoisotopic (exact) mass is 436 g/mol. The highest BCUT2D eigenvalue weighted by molar-refractivity contribution is 7.92. The van der Waals surface area contributed by atoms with Crippen molar-refractivity contribution in [1.29, 1.82) is 0 Å². The fraction of sp³-hybridized carbons (Fsp3) is 0.136. The molecule has 9 heteroatoms. The van der Waals surface area contributed by atoms with E-state index in [1.165, 1.54) is 18.3 Å². The van der Waals surface area contributed by atoms with Gasteiger partial charge in [-0.05, 0) is 38.1 Å². The van der Waals surface area contributed by atoms with Crippen molar-refractivity contribution in [3.63, 3.8) is 0 Å². The molecular formula is C22H20N4O4S. The van der Waals surface area contributed by atoms with Gasteiger partial charge in [0, 0.05) is 23.5 Å². The summed E-state index contributed by atoms with van der Waals surface area (Å²) in [5.74, 6) is -0.358. The van der Waals surface area contributed by atoms with Crippen LogP contribution in [0.4, 0.5) is 5.69 Å². The summed E-state index contributed by atoms with van der Waals surface area (Å²) in [6.07, 6.45) is 3.08. The summed E-state index contributed by atoms with van der Waals surface area (Å²) in [6.45, 7) is 3.27. The quantitative estimate of drug-likeness (QED) is 0.437. The van der Waals surface area contributed by atoms with E-state index in [2.05, 4.69) is 20.3 Å². The molecule has 0 radical (unpaired) electrons. The summed E-state index contributed by atoms with van der Waals surface area (Å²) < 4.78 is 24.6. The maximum Gasteiger partial charge on any atom is 0.259 e. The van der Waals surface area contributed by atoms with Crippen LogP contribution in [0.1, 0.15) is 24.2 Å². The molecule has 1 amide bonds. The second-order valence-electron chi connectivity index (χ2n) is 7.28. The van der Waals surface area contributed by atoms with Crippen molar-refractivity contribution in [2.75, 3.05) is 5.32 Å². The van der Waals surface area contributed by atoms with Crippen molar-refractivity contribution in [3.8, 4) is 17.0 Å². The highest BCUT2D eigenvalue weighted by Gasteiger charge is 2.19. The summed E-state index contributed by atoms with van der Waals surface area (Å²) in [7, 11) is -3.36. The number of phenolic OH excluding ortho intramolecular Hbond substituents is 1. The minimum absolute atomic E-state index is 0.0433. The first-order valence-corrected chi connectivity index (χ1v) is 11.1. The van der Waals surface area contributed by atoms with Crippen LogP contribution in [0.3, 0.4) is 0 Å². The van der Waals surface area contributed by atoms with Crippen LogP contribution < -0.4 is 5.32 Å². The van der Waals surface area contributed by atoms with Crippen molar-refractivity contribution >= 4 is 32.6 Å². The van der Waals surface area contributed by atoms with Crippen LogP contribution in [0, 0.1) is 0 Å². The van der Waals surface area contributed by atoms with E-state index >= 15 is 0 Å². The van der Waals surface area contributed by atoms with Gasteiger partial charge in [-0.2, -0.15) is 0 Å². The van der Waals surface area contributed by atoms with E-state index in [1.54, 1.807) is 56.4 Å². The van der Waals surface area contributed by atoms with Gasteiger partial charge in [0.15, 0.2) is 15.5 Å². The van der Waals surface area contributed by atoms with Crippen LogP contribution in [0.2, 0.25) is 0 Å². The number of rotatable bonds is 5. The number of carbonyl (C=O) groups excluding carboxylic acids is 1. The van der Waals surface area contributed by atoms with E-state index in [1.807, 2.05) is 0 Å². The molecule has 3 N–H and O–H groups in total. The number of sulfone groups is 1. The predicted octanol–water partition coefficient (Wildman–Crippen LogP) is 3.76. The smallest absolute Gasteiger partial charge is 0.259 e. The second-order valence-corrected chi connectivity index (χ2v) is 9.78. The molecular weight excluding hydrogens is 416 g/mol. The van der Waals surface area contributed by atoms with Gasteiger partial charge in [0.2, 0.25) is 0 Å². The lowest BCUT2D eigenvalue weighted by Crippen LogP contribution is -2.13. The number of hydrogen-bond acceptors (Lipinski definition) is 6. The van der Waals surface area contributed by atoms with Crippen molar-refractivity contribution in [2.45, 2.75) is 24.0 Å². The molecule has 0 aliphatic heterocycles. The van der Waals surface area contributed by atoms with Gasteiger partial charge in [-0.25, -0.2) is 18.4 Å². The molecule has 0 bridgehead atoms. The second kappa shape index (κ2) is 7.84. The van der Waals surface area contributed by atoms with E-state index in [-0.39, 0.29) is 10.6 Å². The number of fused-ring (bicyclic) bond motifs is 1. The average Bonchev–Trinajstić information content (AvgIpc) is 3.17. The first-order chi connectivity index (χ1) is 14.8. The molecule has 2 heterocycles. The van der Waals surface area contributed by atoms with Crippen molar-refractivity contribution < 1.29 is 18.3 Å². The number of anilines is 1. The maximum absolute atomic E-state index is 12.7. The molecule has 0 atom stereocenters. The summed E-state index contributed by atoms with van der Waals surface area (Å²) in [5, 5.41) is 11.8. The lowest BCUT2D eigenvalue weighted by atomic mass is 10.1. The minimum Gasteiger partial charge on any atom is -0.508 e. The van der Waals surface area contributed by atoms with Gasteiger partial charge in [-0.3, -0.25) is 4.79 Å². The number of nitrogens with zero attached hydrogens (tertiary/aromatic N) is 2. The third-order valence-corrected chi connectivity index (χ3v) is 7.00. The summed E-state index contributed by atoms with van der Waals surface area (Å²) in [5.41, 5.74) is 2.76. The number of hydrogen-bond donors (Lipinski definition) is 3. The molecule has 4 rings (SSSR count). The zero-order valence-electron chi connectivity index (χ0n) is 16.8. The van der Waals surface area contributed by atoms with Crippen LogP contribution >= 0.6 is 0 Å². The Morgan fingerprint density at radius 2 is 1.87 bits per heavy atom. The molecule has 0 saturated heterocycles. The summed E-state index contributed by atoms with van der Waals surface area (Å²) in [6, 6.07) is 12.7. The van der Waals surface area contributed by atoms with Crippen LogP contribution in [-0.4, -0.2) is 39.6 Å².